The molecule has 2 aromatic rings. The van der Waals surface area contributed by atoms with Crippen molar-refractivity contribution >= 4 is 17.5 Å². The van der Waals surface area contributed by atoms with E-state index < -0.39 is 0 Å². The Bertz CT molecular complexity index is 731. The van der Waals surface area contributed by atoms with Crippen LogP contribution in [-0.4, -0.2) is 16.0 Å². The summed E-state index contributed by atoms with van der Waals surface area (Å²) in [5, 5.41) is 10.2. The second-order valence-electron chi connectivity index (χ2n) is 5.05. The first-order valence-electron chi connectivity index (χ1n) is 7.07. The average Bonchev–Trinajstić information content (AvgIpc) is 3.17. The second-order valence-corrected chi connectivity index (χ2v) is 5.05. The van der Waals surface area contributed by atoms with Crippen LogP contribution in [0.3, 0.4) is 0 Å². The van der Waals surface area contributed by atoms with Crippen LogP contribution in [0.2, 0.25) is 0 Å². The summed E-state index contributed by atoms with van der Waals surface area (Å²) in [5.74, 6) is 0.263. The van der Waals surface area contributed by atoms with Gasteiger partial charge in [-0.15, -0.1) is 5.10 Å². The van der Waals surface area contributed by atoms with E-state index in [0.29, 0.717) is 0 Å². The summed E-state index contributed by atoms with van der Waals surface area (Å²) in [6.07, 6.45) is 8.06. The zero-order valence-electron chi connectivity index (χ0n) is 12.1. The van der Waals surface area contributed by atoms with Crippen molar-refractivity contribution in [2.45, 2.75) is 19.3 Å². The minimum Gasteiger partial charge on any atom is -0.409 e. The molecule has 6 nitrogen and oxygen atoms in total. The monoisotopic (exact) mass is 295 g/mol. The first-order chi connectivity index (χ1) is 10.7. The lowest BCUT2D eigenvalue weighted by Gasteiger charge is -2.08. The molecule has 1 aromatic carbocycles. The number of amidine groups is 1. The highest BCUT2D eigenvalue weighted by Gasteiger charge is 2.11. The van der Waals surface area contributed by atoms with E-state index in [0.717, 1.165) is 17.7 Å². The van der Waals surface area contributed by atoms with Crippen LogP contribution >= 0.6 is 0 Å². The van der Waals surface area contributed by atoms with Crippen LogP contribution in [0, 0.1) is 0 Å². The highest BCUT2D eigenvalue weighted by atomic mass is 16.4. The number of aromatic nitrogens is 2. The SMILES string of the molecule is C=C(NC=CC(N)=Nc1nnco1)c1ccc2c(c1)CCC2. The van der Waals surface area contributed by atoms with Gasteiger partial charge in [-0.05, 0) is 48.1 Å². The number of nitrogens with zero attached hydrogens (tertiary/aromatic N) is 3. The maximum absolute atomic E-state index is 5.73. The molecule has 0 atom stereocenters. The zero-order chi connectivity index (χ0) is 15.4. The van der Waals surface area contributed by atoms with Crippen LogP contribution in [0.5, 0.6) is 0 Å². The molecule has 1 aliphatic rings. The second kappa shape index (κ2) is 6.26. The third kappa shape index (κ3) is 3.22. The fourth-order valence-corrected chi connectivity index (χ4v) is 2.43. The fourth-order valence-electron chi connectivity index (χ4n) is 2.43. The van der Waals surface area contributed by atoms with Gasteiger partial charge in [0, 0.05) is 11.9 Å². The molecule has 0 radical (unpaired) electrons. The maximum Gasteiger partial charge on any atom is 0.344 e. The quantitative estimate of drug-likeness (QED) is 0.652. The van der Waals surface area contributed by atoms with Gasteiger partial charge in [-0.25, -0.2) is 0 Å². The van der Waals surface area contributed by atoms with Gasteiger partial charge in [0.15, 0.2) is 0 Å². The third-order valence-corrected chi connectivity index (χ3v) is 3.53. The average molecular weight is 295 g/mol. The van der Waals surface area contributed by atoms with Gasteiger partial charge in [-0.3, -0.25) is 0 Å². The third-order valence-electron chi connectivity index (χ3n) is 3.53. The summed E-state index contributed by atoms with van der Waals surface area (Å²) < 4.78 is 4.88. The molecule has 6 heteroatoms. The number of aryl methyl sites for hydroxylation is 2. The highest BCUT2D eigenvalue weighted by Crippen LogP contribution is 2.24. The van der Waals surface area contributed by atoms with Crippen LogP contribution in [0.25, 0.3) is 5.70 Å². The van der Waals surface area contributed by atoms with E-state index in [9.17, 15) is 0 Å². The Morgan fingerprint density at radius 2 is 2.23 bits per heavy atom. The number of hydrogen-bond donors (Lipinski definition) is 2. The largest absolute Gasteiger partial charge is 0.409 e. The van der Waals surface area contributed by atoms with Crippen LogP contribution in [-0.2, 0) is 12.8 Å². The molecule has 112 valence electrons. The highest BCUT2D eigenvalue weighted by molar-refractivity contribution is 5.92. The number of fused-ring (bicyclic) bond motifs is 1. The number of nitrogens with two attached hydrogens (primary N) is 1. The summed E-state index contributed by atoms with van der Waals surface area (Å²) in [6.45, 7) is 4.04. The van der Waals surface area contributed by atoms with Crippen molar-refractivity contribution in [3.63, 3.8) is 0 Å². The normalized spacial score (nSPS) is 14.3. The first-order valence-corrected chi connectivity index (χ1v) is 7.07. The van der Waals surface area contributed by atoms with E-state index in [1.54, 1.807) is 12.3 Å². The van der Waals surface area contributed by atoms with Crippen LogP contribution in [0.4, 0.5) is 6.01 Å². The molecule has 1 aromatic heterocycles. The lowest BCUT2D eigenvalue weighted by molar-refractivity contribution is 0.564. The van der Waals surface area contributed by atoms with Gasteiger partial charge in [0.25, 0.3) is 0 Å². The Balaban J connectivity index is 1.61. The van der Waals surface area contributed by atoms with E-state index in [4.69, 9.17) is 10.2 Å². The van der Waals surface area contributed by atoms with Gasteiger partial charge >= 0.3 is 6.01 Å². The van der Waals surface area contributed by atoms with Crippen molar-refractivity contribution < 1.29 is 4.42 Å². The summed E-state index contributed by atoms with van der Waals surface area (Å²) in [7, 11) is 0. The Hall–Kier alpha value is -2.89. The predicted octanol–water partition coefficient (Wildman–Crippen LogP) is 2.32. The summed E-state index contributed by atoms with van der Waals surface area (Å²) in [4.78, 5) is 3.93. The predicted molar refractivity (Wildman–Crippen MR) is 85.4 cm³/mol. The van der Waals surface area contributed by atoms with Gasteiger partial charge in [0.05, 0.1) is 0 Å². The molecule has 0 amide bonds. The van der Waals surface area contributed by atoms with Gasteiger partial charge in [-0.1, -0.05) is 23.8 Å². The summed E-state index contributed by atoms with van der Waals surface area (Å²) in [5.41, 5.74) is 10.5. The molecule has 22 heavy (non-hydrogen) atoms. The van der Waals surface area contributed by atoms with Crippen molar-refractivity contribution in [2.75, 3.05) is 0 Å². The van der Waals surface area contributed by atoms with Crippen LogP contribution < -0.4 is 11.1 Å². The van der Waals surface area contributed by atoms with Crippen molar-refractivity contribution in [3.05, 3.63) is 60.1 Å². The molecule has 0 saturated heterocycles. The number of rotatable bonds is 5. The van der Waals surface area contributed by atoms with E-state index in [1.165, 1.54) is 30.4 Å². The van der Waals surface area contributed by atoms with Gasteiger partial charge in [0.2, 0.25) is 6.39 Å². The van der Waals surface area contributed by atoms with Gasteiger partial charge in [-0.2, -0.15) is 4.99 Å². The van der Waals surface area contributed by atoms with Crippen molar-refractivity contribution in [1.29, 1.82) is 0 Å². The maximum atomic E-state index is 5.73. The smallest absolute Gasteiger partial charge is 0.344 e. The lowest BCUT2D eigenvalue weighted by atomic mass is 10.0. The Morgan fingerprint density at radius 3 is 3.05 bits per heavy atom. The minimum absolute atomic E-state index is 0.125. The van der Waals surface area contributed by atoms with Gasteiger partial charge < -0.3 is 15.5 Å². The first kappa shape index (κ1) is 14.1. The summed E-state index contributed by atoms with van der Waals surface area (Å²) >= 11 is 0. The molecule has 0 spiro atoms. The molecule has 0 bridgehead atoms. The van der Waals surface area contributed by atoms with Crippen molar-refractivity contribution in [1.82, 2.24) is 15.5 Å². The van der Waals surface area contributed by atoms with Crippen LogP contribution in [0.1, 0.15) is 23.1 Å². The molecule has 0 aliphatic heterocycles. The molecule has 0 saturated carbocycles. The molecule has 0 fully saturated rings. The molecule has 0 unspecified atom stereocenters. The van der Waals surface area contributed by atoms with Crippen LogP contribution in [0.15, 0.2) is 52.9 Å². The molecular weight excluding hydrogens is 278 g/mol. The van der Waals surface area contributed by atoms with E-state index in [1.807, 2.05) is 0 Å². The molecule has 1 aliphatic carbocycles. The zero-order valence-corrected chi connectivity index (χ0v) is 12.1. The molecule has 3 rings (SSSR count). The van der Waals surface area contributed by atoms with Crippen molar-refractivity contribution in [2.24, 2.45) is 10.7 Å². The number of nitrogens with one attached hydrogen (secondary N) is 1. The Morgan fingerprint density at radius 1 is 1.36 bits per heavy atom. The molecular formula is C16H17N5O. The van der Waals surface area contributed by atoms with Crippen molar-refractivity contribution in [3.8, 4) is 0 Å². The van der Waals surface area contributed by atoms with Gasteiger partial charge in [0.1, 0.15) is 5.84 Å². The fraction of sp³-hybridized carbons (Fsp3) is 0.188. The summed E-state index contributed by atoms with van der Waals surface area (Å²) in [6, 6.07) is 6.59. The minimum atomic E-state index is 0.125. The standard InChI is InChI=1S/C16H17N5O/c1-11(13-6-5-12-3-2-4-14(12)9-13)18-8-7-15(17)20-16-21-19-10-22-16/h5-10,18H,1-4H2,(H2,17,20,21). The number of benzene rings is 1. The van der Waals surface area contributed by atoms with E-state index in [-0.39, 0.29) is 11.9 Å². The molecule has 3 N–H and O–H groups in total. The topological polar surface area (TPSA) is 89.3 Å². The molecule has 1 heterocycles. The number of hydrogen-bond acceptors (Lipinski definition) is 5. The number of aliphatic imine (C=N–C) groups is 1. The Kier molecular flexibility index (Phi) is 4.00. The van der Waals surface area contributed by atoms with E-state index in [2.05, 4.69) is 45.3 Å². The Labute approximate surface area is 128 Å². The lowest BCUT2D eigenvalue weighted by Crippen LogP contribution is -2.10. The van der Waals surface area contributed by atoms with E-state index >= 15 is 0 Å².